The number of rotatable bonds is 9. The van der Waals surface area contributed by atoms with Gasteiger partial charge in [0.1, 0.15) is 23.9 Å². The first-order valence-corrected chi connectivity index (χ1v) is 10.1. The van der Waals surface area contributed by atoms with E-state index < -0.39 is 17.3 Å². The number of methoxy groups -OCH3 is 1. The molecule has 3 aromatic carbocycles. The number of aromatic carboxylic acids is 1. The third-order valence-corrected chi connectivity index (χ3v) is 5.03. The van der Waals surface area contributed by atoms with E-state index in [4.69, 9.17) is 26.2 Å². The van der Waals surface area contributed by atoms with Crippen LogP contribution in [0.25, 0.3) is 11.1 Å². The maximum Gasteiger partial charge on any atom is 0.338 e. The second-order valence-electron chi connectivity index (χ2n) is 6.98. The van der Waals surface area contributed by atoms with E-state index in [9.17, 15) is 9.18 Å². The predicted octanol–water partition coefficient (Wildman–Crippen LogP) is 5.58. The molecule has 7 heteroatoms. The van der Waals surface area contributed by atoms with Gasteiger partial charge in [-0.15, -0.1) is 0 Å². The molecule has 1 atom stereocenters. The molecule has 0 bridgehead atoms. The molecule has 0 fully saturated rings. The van der Waals surface area contributed by atoms with Crippen molar-refractivity contribution in [2.24, 2.45) is 0 Å². The number of carboxylic acids is 1. The van der Waals surface area contributed by atoms with Crippen LogP contribution in [0.2, 0.25) is 5.02 Å². The second kappa shape index (κ2) is 10.3. The fourth-order valence-electron chi connectivity index (χ4n) is 3.15. The molecule has 0 aromatic heterocycles. The Morgan fingerprint density at radius 1 is 1.10 bits per heavy atom. The fourth-order valence-corrected chi connectivity index (χ4v) is 3.38. The van der Waals surface area contributed by atoms with Crippen molar-refractivity contribution in [3.8, 4) is 22.6 Å². The molecule has 3 aromatic rings. The predicted molar refractivity (Wildman–Crippen MR) is 119 cm³/mol. The van der Waals surface area contributed by atoms with E-state index in [2.05, 4.69) is 12.2 Å². The number of carboxylic acid groups (broad SMARTS) is 1. The zero-order valence-electron chi connectivity index (χ0n) is 17.2. The summed E-state index contributed by atoms with van der Waals surface area (Å²) in [5.41, 5.74) is 1.89. The van der Waals surface area contributed by atoms with Crippen molar-refractivity contribution in [1.29, 1.82) is 0 Å². The molecule has 0 unspecified atom stereocenters. The quantitative estimate of drug-likeness (QED) is 0.422. The third kappa shape index (κ3) is 5.96. The van der Waals surface area contributed by atoms with Crippen LogP contribution in [-0.4, -0.2) is 31.3 Å². The van der Waals surface area contributed by atoms with Crippen molar-refractivity contribution in [1.82, 2.24) is 5.32 Å². The van der Waals surface area contributed by atoms with E-state index in [1.807, 2.05) is 24.3 Å². The van der Waals surface area contributed by atoms with Gasteiger partial charge in [-0.2, -0.15) is 0 Å². The molecule has 2 N–H and O–H groups in total. The standard InChI is InChI=1S/C24H23ClFNO4/c1-15(16-4-3-5-20(11-16)30-2)27-8-9-31-21-12-18(10-19(25)14-21)17-6-7-23(26)22(13-17)24(28)29/h3-7,10-15,27H,8-9H2,1-2H3,(H,28,29)/t15-/m1/s1. The lowest BCUT2D eigenvalue weighted by molar-refractivity contribution is 0.0692. The summed E-state index contributed by atoms with van der Waals surface area (Å²) in [6.07, 6.45) is 0. The minimum atomic E-state index is -1.32. The SMILES string of the molecule is COc1cccc([C@@H](C)NCCOc2cc(Cl)cc(-c3ccc(F)c(C(=O)O)c3)c2)c1. The van der Waals surface area contributed by atoms with E-state index >= 15 is 0 Å². The van der Waals surface area contributed by atoms with E-state index in [-0.39, 0.29) is 6.04 Å². The number of nitrogens with one attached hydrogen (secondary N) is 1. The summed E-state index contributed by atoms with van der Waals surface area (Å²) < 4.78 is 24.8. The Morgan fingerprint density at radius 2 is 1.90 bits per heavy atom. The largest absolute Gasteiger partial charge is 0.497 e. The smallest absolute Gasteiger partial charge is 0.338 e. The molecule has 162 valence electrons. The van der Waals surface area contributed by atoms with E-state index in [0.29, 0.717) is 35.1 Å². The summed E-state index contributed by atoms with van der Waals surface area (Å²) in [6.45, 7) is 3.05. The first-order valence-electron chi connectivity index (χ1n) is 9.71. The Morgan fingerprint density at radius 3 is 2.65 bits per heavy atom. The molecule has 0 aliphatic rings. The Hall–Kier alpha value is -3.09. The number of halogens is 2. The van der Waals surface area contributed by atoms with Gasteiger partial charge in [0, 0.05) is 17.6 Å². The van der Waals surface area contributed by atoms with Crippen molar-refractivity contribution < 1.29 is 23.8 Å². The average molecular weight is 444 g/mol. The highest BCUT2D eigenvalue weighted by atomic mass is 35.5. The van der Waals surface area contributed by atoms with Crippen LogP contribution in [0.15, 0.2) is 60.7 Å². The van der Waals surface area contributed by atoms with Gasteiger partial charge in [-0.1, -0.05) is 29.8 Å². The van der Waals surface area contributed by atoms with Gasteiger partial charge in [0.15, 0.2) is 0 Å². The Balaban J connectivity index is 1.63. The highest BCUT2D eigenvalue weighted by Gasteiger charge is 2.13. The summed E-state index contributed by atoms with van der Waals surface area (Å²) in [7, 11) is 1.64. The average Bonchev–Trinajstić information content (AvgIpc) is 2.76. The van der Waals surface area contributed by atoms with Crippen molar-refractivity contribution in [3.05, 3.63) is 82.6 Å². The number of hydrogen-bond acceptors (Lipinski definition) is 4. The fraction of sp³-hybridized carbons (Fsp3) is 0.208. The minimum Gasteiger partial charge on any atom is -0.497 e. The molecule has 0 spiro atoms. The van der Waals surface area contributed by atoms with Gasteiger partial charge in [-0.3, -0.25) is 0 Å². The molecule has 0 heterocycles. The maximum atomic E-state index is 13.7. The summed E-state index contributed by atoms with van der Waals surface area (Å²) in [6, 6.07) is 17.0. The maximum absolute atomic E-state index is 13.7. The lowest BCUT2D eigenvalue weighted by Gasteiger charge is -2.16. The molecule has 0 aliphatic carbocycles. The number of carbonyl (C=O) groups is 1. The van der Waals surface area contributed by atoms with Crippen LogP contribution in [0.3, 0.4) is 0 Å². The van der Waals surface area contributed by atoms with Gasteiger partial charge in [0.2, 0.25) is 0 Å². The van der Waals surface area contributed by atoms with Gasteiger partial charge >= 0.3 is 5.97 Å². The van der Waals surface area contributed by atoms with Crippen LogP contribution in [-0.2, 0) is 0 Å². The molecule has 5 nitrogen and oxygen atoms in total. The highest BCUT2D eigenvalue weighted by molar-refractivity contribution is 6.31. The first-order chi connectivity index (χ1) is 14.9. The van der Waals surface area contributed by atoms with Gasteiger partial charge in [0.05, 0.1) is 12.7 Å². The Bertz CT molecular complexity index is 1070. The van der Waals surface area contributed by atoms with E-state index in [1.165, 1.54) is 12.1 Å². The van der Waals surface area contributed by atoms with Crippen molar-refractivity contribution in [2.75, 3.05) is 20.3 Å². The van der Waals surface area contributed by atoms with Crippen LogP contribution >= 0.6 is 11.6 Å². The lowest BCUT2D eigenvalue weighted by atomic mass is 10.0. The van der Waals surface area contributed by atoms with Crippen molar-refractivity contribution in [2.45, 2.75) is 13.0 Å². The topological polar surface area (TPSA) is 67.8 Å². The highest BCUT2D eigenvalue weighted by Crippen LogP contribution is 2.30. The normalized spacial score (nSPS) is 11.7. The summed E-state index contributed by atoms with van der Waals surface area (Å²) in [5, 5.41) is 13.0. The van der Waals surface area contributed by atoms with E-state index in [0.717, 1.165) is 17.4 Å². The first kappa shape index (κ1) is 22.6. The van der Waals surface area contributed by atoms with Gasteiger partial charge in [-0.25, -0.2) is 9.18 Å². The summed E-state index contributed by atoms with van der Waals surface area (Å²) in [4.78, 5) is 11.2. The summed E-state index contributed by atoms with van der Waals surface area (Å²) >= 11 is 6.21. The molecular formula is C24H23ClFNO4. The molecule has 0 aliphatic heterocycles. The van der Waals surface area contributed by atoms with Crippen molar-refractivity contribution >= 4 is 17.6 Å². The number of benzene rings is 3. The number of ether oxygens (including phenoxy) is 2. The Labute approximate surface area is 185 Å². The van der Waals surface area contributed by atoms with Gasteiger partial charge in [0.25, 0.3) is 0 Å². The second-order valence-corrected chi connectivity index (χ2v) is 7.41. The van der Waals surface area contributed by atoms with Crippen LogP contribution < -0.4 is 14.8 Å². The van der Waals surface area contributed by atoms with Crippen LogP contribution in [0, 0.1) is 5.82 Å². The van der Waals surface area contributed by atoms with Crippen LogP contribution in [0.1, 0.15) is 28.9 Å². The van der Waals surface area contributed by atoms with Crippen LogP contribution in [0.5, 0.6) is 11.5 Å². The molecule has 0 saturated heterocycles. The number of hydrogen-bond donors (Lipinski definition) is 2. The van der Waals surface area contributed by atoms with E-state index in [1.54, 1.807) is 25.3 Å². The zero-order valence-corrected chi connectivity index (χ0v) is 17.9. The van der Waals surface area contributed by atoms with Crippen LogP contribution in [0.4, 0.5) is 4.39 Å². The summed E-state index contributed by atoms with van der Waals surface area (Å²) in [5.74, 6) is -0.764. The van der Waals surface area contributed by atoms with Crippen molar-refractivity contribution in [3.63, 3.8) is 0 Å². The molecular weight excluding hydrogens is 421 g/mol. The minimum absolute atomic E-state index is 0.113. The monoisotopic (exact) mass is 443 g/mol. The van der Waals surface area contributed by atoms with Gasteiger partial charge < -0.3 is 19.9 Å². The third-order valence-electron chi connectivity index (χ3n) is 4.82. The Kier molecular flexibility index (Phi) is 7.50. The molecule has 0 amide bonds. The molecule has 0 radical (unpaired) electrons. The molecule has 0 saturated carbocycles. The lowest BCUT2D eigenvalue weighted by Crippen LogP contribution is -2.24. The molecule has 31 heavy (non-hydrogen) atoms. The molecule has 3 rings (SSSR count). The van der Waals surface area contributed by atoms with Gasteiger partial charge in [-0.05, 0) is 66.1 Å². The zero-order chi connectivity index (χ0) is 22.4.